The van der Waals surface area contributed by atoms with Crippen molar-refractivity contribution in [2.24, 2.45) is 5.92 Å². The molecule has 0 aliphatic carbocycles. The molecule has 0 unspecified atom stereocenters. The molecule has 0 aliphatic rings. The Hall–Kier alpha value is -1.35. The second-order valence-electron chi connectivity index (χ2n) is 4.32. The Balaban J connectivity index is 2.51. The molecule has 1 aromatic rings. The molecular weight excluding hydrogens is 202 g/mol. The Kier molecular flexibility index (Phi) is 4.99. The van der Waals surface area contributed by atoms with E-state index in [1.54, 1.807) is 0 Å². The Labute approximate surface area is 96.5 Å². The Bertz CT molecular complexity index is 330. The molecule has 1 aromatic carbocycles. The largest absolute Gasteiger partial charge is 0.396 e. The minimum absolute atomic E-state index is 0.0462. The number of nitrogens with one attached hydrogen (secondary N) is 1. The average Bonchev–Trinajstić information content (AvgIpc) is 2.20. The maximum Gasteiger partial charge on any atom is 0.224 e. The van der Waals surface area contributed by atoms with Crippen molar-refractivity contribution in [2.45, 2.75) is 26.7 Å². The quantitative estimate of drug-likeness (QED) is 0.800. The number of aliphatic hydroxyl groups is 1. The van der Waals surface area contributed by atoms with Gasteiger partial charge in [0, 0.05) is 18.7 Å². The smallest absolute Gasteiger partial charge is 0.224 e. The zero-order valence-corrected chi connectivity index (χ0v) is 9.86. The lowest BCUT2D eigenvalue weighted by molar-refractivity contribution is -0.116. The van der Waals surface area contributed by atoms with E-state index in [1.807, 2.05) is 38.1 Å². The Morgan fingerprint density at radius 3 is 2.44 bits per heavy atom. The molecule has 3 nitrogen and oxygen atoms in total. The number of hydrogen-bond donors (Lipinski definition) is 2. The normalized spacial score (nSPS) is 10.5. The van der Waals surface area contributed by atoms with E-state index >= 15 is 0 Å². The monoisotopic (exact) mass is 221 g/mol. The lowest BCUT2D eigenvalue weighted by Gasteiger charge is -2.07. The van der Waals surface area contributed by atoms with Crippen LogP contribution in [-0.2, 0) is 11.2 Å². The van der Waals surface area contributed by atoms with Crippen LogP contribution in [0.25, 0.3) is 0 Å². The molecule has 0 aromatic heterocycles. The van der Waals surface area contributed by atoms with Crippen LogP contribution in [0.1, 0.15) is 25.8 Å². The van der Waals surface area contributed by atoms with Crippen LogP contribution in [0.2, 0.25) is 0 Å². The lowest BCUT2D eigenvalue weighted by Crippen LogP contribution is -2.13. The van der Waals surface area contributed by atoms with Crippen molar-refractivity contribution < 1.29 is 9.90 Å². The zero-order valence-electron chi connectivity index (χ0n) is 9.86. The SMILES string of the molecule is CC(C)CC(=O)Nc1ccc(CCO)cc1. The highest BCUT2D eigenvalue weighted by Crippen LogP contribution is 2.11. The summed E-state index contributed by atoms with van der Waals surface area (Å²) < 4.78 is 0. The predicted molar refractivity (Wildman–Crippen MR) is 65.3 cm³/mol. The maximum atomic E-state index is 11.5. The summed E-state index contributed by atoms with van der Waals surface area (Å²) in [5, 5.41) is 11.6. The van der Waals surface area contributed by atoms with Crippen LogP contribution >= 0.6 is 0 Å². The highest BCUT2D eigenvalue weighted by molar-refractivity contribution is 5.90. The third-order valence-corrected chi connectivity index (χ3v) is 2.23. The molecule has 0 spiro atoms. The summed E-state index contributed by atoms with van der Waals surface area (Å²) in [6.45, 7) is 4.19. The van der Waals surface area contributed by atoms with Gasteiger partial charge in [0.25, 0.3) is 0 Å². The average molecular weight is 221 g/mol. The standard InChI is InChI=1S/C13H19NO2/c1-10(2)9-13(16)14-12-5-3-11(4-6-12)7-8-15/h3-6,10,15H,7-9H2,1-2H3,(H,14,16). The molecule has 3 heteroatoms. The van der Waals surface area contributed by atoms with Gasteiger partial charge in [-0.15, -0.1) is 0 Å². The number of benzene rings is 1. The lowest BCUT2D eigenvalue weighted by atomic mass is 10.1. The van der Waals surface area contributed by atoms with Crippen LogP contribution in [0.15, 0.2) is 24.3 Å². The minimum atomic E-state index is 0.0462. The van der Waals surface area contributed by atoms with E-state index in [1.165, 1.54) is 0 Å². The number of carbonyl (C=O) groups excluding carboxylic acids is 1. The first-order chi connectivity index (χ1) is 7.61. The number of hydrogen-bond acceptors (Lipinski definition) is 2. The minimum Gasteiger partial charge on any atom is -0.396 e. The zero-order chi connectivity index (χ0) is 12.0. The molecule has 0 bridgehead atoms. The van der Waals surface area contributed by atoms with Crippen molar-refractivity contribution in [2.75, 3.05) is 11.9 Å². The second kappa shape index (κ2) is 6.28. The predicted octanol–water partition coefficient (Wildman–Crippen LogP) is 2.21. The van der Waals surface area contributed by atoms with Gasteiger partial charge in [0.15, 0.2) is 0 Å². The van der Waals surface area contributed by atoms with Gasteiger partial charge in [-0.05, 0) is 30.0 Å². The van der Waals surface area contributed by atoms with Crippen molar-refractivity contribution in [3.8, 4) is 0 Å². The Morgan fingerprint density at radius 1 is 1.31 bits per heavy atom. The summed E-state index contributed by atoms with van der Waals surface area (Å²) in [6, 6.07) is 7.56. The van der Waals surface area contributed by atoms with E-state index in [2.05, 4.69) is 5.32 Å². The molecular formula is C13H19NO2. The number of anilines is 1. The molecule has 0 heterocycles. The summed E-state index contributed by atoms with van der Waals surface area (Å²) in [7, 11) is 0. The maximum absolute atomic E-state index is 11.5. The topological polar surface area (TPSA) is 49.3 Å². The number of rotatable bonds is 5. The van der Waals surface area contributed by atoms with E-state index < -0.39 is 0 Å². The van der Waals surface area contributed by atoms with Gasteiger partial charge in [0.2, 0.25) is 5.91 Å². The fourth-order valence-corrected chi connectivity index (χ4v) is 1.47. The number of amides is 1. The highest BCUT2D eigenvalue weighted by atomic mass is 16.2. The third-order valence-electron chi connectivity index (χ3n) is 2.23. The van der Waals surface area contributed by atoms with Crippen molar-refractivity contribution in [1.29, 1.82) is 0 Å². The van der Waals surface area contributed by atoms with E-state index in [-0.39, 0.29) is 12.5 Å². The van der Waals surface area contributed by atoms with Gasteiger partial charge in [0.1, 0.15) is 0 Å². The van der Waals surface area contributed by atoms with Crippen LogP contribution in [-0.4, -0.2) is 17.6 Å². The van der Waals surface area contributed by atoms with Crippen LogP contribution in [0, 0.1) is 5.92 Å². The van der Waals surface area contributed by atoms with Gasteiger partial charge in [-0.3, -0.25) is 4.79 Å². The van der Waals surface area contributed by atoms with Gasteiger partial charge in [0.05, 0.1) is 0 Å². The Morgan fingerprint density at radius 2 is 1.94 bits per heavy atom. The number of aliphatic hydroxyl groups excluding tert-OH is 1. The summed E-state index contributed by atoms with van der Waals surface area (Å²) >= 11 is 0. The molecule has 88 valence electrons. The van der Waals surface area contributed by atoms with Gasteiger partial charge < -0.3 is 10.4 Å². The molecule has 1 rings (SSSR count). The summed E-state index contributed by atoms with van der Waals surface area (Å²) in [5.41, 5.74) is 1.89. The van der Waals surface area contributed by atoms with Gasteiger partial charge in [-0.25, -0.2) is 0 Å². The van der Waals surface area contributed by atoms with Crippen molar-refractivity contribution in [3.05, 3.63) is 29.8 Å². The first-order valence-corrected chi connectivity index (χ1v) is 5.61. The molecule has 16 heavy (non-hydrogen) atoms. The first kappa shape index (κ1) is 12.7. The summed E-state index contributed by atoms with van der Waals surface area (Å²) in [5.74, 6) is 0.415. The first-order valence-electron chi connectivity index (χ1n) is 5.61. The van der Waals surface area contributed by atoms with Crippen LogP contribution in [0.5, 0.6) is 0 Å². The molecule has 0 fully saturated rings. The van der Waals surface area contributed by atoms with E-state index in [4.69, 9.17) is 5.11 Å². The van der Waals surface area contributed by atoms with Crippen molar-refractivity contribution >= 4 is 11.6 Å². The third kappa shape index (κ3) is 4.45. The number of carbonyl (C=O) groups is 1. The molecule has 0 radical (unpaired) electrons. The van der Waals surface area contributed by atoms with Gasteiger partial charge in [-0.1, -0.05) is 26.0 Å². The summed E-state index contributed by atoms with van der Waals surface area (Å²) in [6.07, 6.45) is 1.19. The molecule has 0 aliphatic heterocycles. The van der Waals surface area contributed by atoms with E-state index in [0.717, 1.165) is 11.3 Å². The fraction of sp³-hybridized carbons (Fsp3) is 0.462. The van der Waals surface area contributed by atoms with E-state index in [9.17, 15) is 4.79 Å². The fourth-order valence-electron chi connectivity index (χ4n) is 1.47. The van der Waals surface area contributed by atoms with Crippen molar-refractivity contribution in [1.82, 2.24) is 0 Å². The van der Waals surface area contributed by atoms with Gasteiger partial charge in [-0.2, -0.15) is 0 Å². The second-order valence-corrected chi connectivity index (χ2v) is 4.32. The summed E-state index contributed by atoms with van der Waals surface area (Å²) in [4.78, 5) is 11.5. The van der Waals surface area contributed by atoms with Gasteiger partial charge >= 0.3 is 0 Å². The molecule has 1 amide bonds. The van der Waals surface area contributed by atoms with Crippen molar-refractivity contribution in [3.63, 3.8) is 0 Å². The van der Waals surface area contributed by atoms with Crippen LogP contribution in [0.4, 0.5) is 5.69 Å². The molecule has 0 atom stereocenters. The molecule has 2 N–H and O–H groups in total. The van der Waals surface area contributed by atoms with Crippen LogP contribution in [0.3, 0.4) is 0 Å². The highest BCUT2D eigenvalue weighted by Gasteiger charge is 2.04. The molecule has 0 saturated heterocycles. The van der Waals surface area contributed by atoms with Crippen LogP contribution < -0.4 is 5.32 Å². The molecule has 0 saturated carbocycles. The van der Waals surface area contributed by atoms with E-state index in [0.29, 0.717) is 18.8 Å².